The van der Waals surface area contributed by atoms with E-state index in [4.69, 9.17) is 5.11 Å². The van der Waals surface area contributed by atoms with Crippen molar-refractivity contribution < 1.29 is 9.90 Å². The third-order valence-electron chi connectivity index (χ3n) is 2.03. The lowest BCUT2D eigenvalue weighted by atomic mass is 10.1. The molecule has 1 N–H and O–H groups in total. The number of benzene rings is 1. The van der Waals surface area contributed by atoms with Gasteiger partial charge in [0.2, 0.25) is 0 Å². The fourth-order valence-corrected chi connectivity index (χ4v) is 2.90. The molecule has 16 heavy (non-hydrogen) atoms. The summed E-state index contributed by atoms with van der Waals surface area (Å²) in [5.41, 5.74) is 1.28. The van der Waals surface area contributed by atoms with Gasteiger partial charge in [-0.25, -0.2) is 9.78 Å². The number of rotatable bonds is 3. The van der Waals surface area contributed by atoms with Gasteiger partial charge in [-0.2, -0.15) is 0 Å². The second-order valence-electron chi connectivity index (χ2n) is 3.19. The van der Waals surface area contributed by atoms with Crippen LogP contribution in [0.2, 0.25) is 0 Å². The molecule has 0 saturated heterocycles. The SMILES string of the molecule is Cc1cc(C(=O)O)ccc1Sc1nccs1. The summed E-state index contributed by atoms with van der Waals surface area (Å²) in [7, 11) is 0. The highest BCUT2D eigenvalue weighted by Gasteiger charge is 2.07. The lowest BCUT2D eigenvalue weighted by Gasteiger charge is -2.04. The van der Waals surface area contributed by atoms with Gasteiger partial charge in [-0.3, -0.25) is 0 Å². The van der Waals surface area contributed by atoms with E-state index in [0.717, 1.165) is 14.8 Å². The molecule has 3 nitrogen and oxygen atoms in total. The normalized spacial score (nSPS) is 10.3. The molecule has 5 heteroatoms. The van der Waals surface area contributed by atoms with E-state index in [2.05, 4.69) is 4.98 Å². The van der Waals surface area contributed by atoms with Crippen molar-refractivity contribution in [1.29, 1.82) is 0 Å². The van der Waals surface area contributed by atoms with Gasteiger partial charge in [0.05, 0.1) is 5.56 Å². The Labute approximate surface area is 101 Å². The van der Waals surface area contributed by atoms with Gasteiger partial charge in [0.25, 0.3) is 0 Å². The number of hydrogen-bond acceptors (Lipinski definition) is 4. The molecule has 0 radical (unpaired) electrons. The van der Waals surface area contributed by atoms with Gasteiger partial charge in [0.1, 0.15) is 0 Å². The molecule has 1 aromatic heterocycles. The predicted octanol–water partition coefficient (Wildman–Crippen LogP) is 3.30. The number of hydrogen-bond donors (Lipinski definition) is 1. The zero-order chi connectivity index (χ0) is 11.5. The van der Waals surface area contributed by atoms with E-state index in [1.165, 1.54) is 0 Å². The van der Waals surface area contributed by atoms with Crippen LogP contribution in [0.25, 0.3) is 0 Å². The van der Waals surface area contributed by atoms with E-state index in [0.29, 0.717) is 5.56 Å². The van der Waals surface area contributed by atoms with Crippen LogP contribution in [0.5, 0.6) is 0 Å². The zero-order valence-electron chi connectivity index (χ0n) is 8.51. The summed E-state index contributed by atoms with van der Waals surface area (Å²) >= 11 is 3.13. The molecule has 0 bridgehead atoms. The van der Waals surface area contributed by atoms with Gasteiger partial charge in [0, 0.05) is 16.5 Å². The highest BCUT2D eigenvalue weighted by molar-refractivity contribution is 8.01. The second kappa shape index (κ2) is 4.67. The fraction of sp³-hybridized carbons (Fsp3) is 0.0909. The van der Waals surface area contributed by atoms with Crippen molar-refractivity contribution in [3.8, 4) is 0 Å². The van der Waals surface area contributed by atoms with E-state index < -0.39 is 5.97 Å². The zero-order valence-corrected chi connectivity index (χ0v) is 10.1. The lowest BCUT2D eigenvalue weighted by Crippen LogP contribution is -1.96. The summed E-state index contributed by atoms with van der Waals surface area (Å²) in [4.78, 5) is 16.0. The molecular formula is C11H9NO2S2. The second-order valence-corrected chi connectivity index (χ2v) is 5.37. The largest absolute Gasteiger partial charge is 0.478 e. The number of carboxylic acids is 1. The Morgan fingerprint density at radius 3 is 2.88 bits per heavy atom. The Morgan fingerprint density at radius 2 is 2.31 bits per heavy atom. The number of thiazole rings is 1. The molecule has 0 saturated carbocycles. The first-order valence-corrected chi connectivity index (χ1v) is 6.28. The van der Waals surface area contributed by atoms with Crippen LogP contribution >= 0.6 is 23.1 Å². The molecule has 0 aliphatic carbocycles. The Morgan fingerprint density at radius 1 is 1.50 bits per heavy atom. The molecule has 2 aromatic rings. The fourth-order valence-electron chi connectivity index (χ4n) is 1.25. The first-order valence-electron chi connectivity index (χ1n) is 4.58. The van der Waals surface area contributed by atoms with Crippen LogP contribution in [0.4, 0.5) is 0 Å². The molecule has 1 heterocycles. The van der Waals surface area contributed by atoms with Crippen LogP contribution in [0.3, 0.4) is 0 Å². The van der Waals surface area contributed by atoms with Crippen molar-refractivity contribution in [2.24, 2.45) is 0 Å². The first-order chi connectivity index (χ1) is 7.66. The predicted molar refractivity (Wildman–Crippen MR) is 64.4 cm³/mol. The highest BCUT2D eigenvalue weighted by atomic mass is 32.2. The van der Waals surface area contributed by atoms with Gasteiger partial charge >= 0.3 is 5.97 Å². The van der Waals surface area contributed by atoms with E-state index >= 15 is 0 Å². The van der Waals surface area contributed by atoms with Crippen molar-refractivity contribution >= 4 is 29.1 Å². The maximum absolute atomic E-state index is 10.8. The first kappa shape index (κ1) is 11.2. The molecule has 0 unspecified atom stereocenters. The average molecular weight is 251 g/mol. The van der Waals surface area contributed by atoms with E-state index in [1.807, 2.05) is 18.4 Å². The summed E-state index contributed by atoms with van der Waals surface area (Å²) in [6, 6.07) is 5.12. The Kier molecular flexibility index (Phi) is 3.26. The Bertz CT molecular complexity index is 509. The Hall–Kier alpha value is -1.33. The minimum Gasteiger partial charge on any atom is -0.478 e. The van der Waals surface area contributed by atoms with Crippen LogP contribution in [0.1, 0.15) is 15.9 Å². The van der Waals surface area contributed by atoms with Crippen LogP contribution in [-0.4, -0.2) is 16.1 Å². The van der Waals surface area contributed by atoms with Gasteiger partial charge < -0.3 is 5.11 Å². The minimum absolute atomic E-state index is 0.320. The van der Waals surface area contributed by atoms with Crippen molar-refractivity contribution in [3.05, 3.63) is 40.9 Å². The number of aromatic carboxylic acids is 1. The monoisotopic (exact) mass is 251 g/mol. The summed E-state index contributed by atoms with van der Waals surface area (Å²) in [6.07, 6.45) is 1.76. The van der Waals surface area contributed by atoms with Crippen molar-refractivity contribution in [1.82, 2.24) is 4.98 Å². The summed E-state index contributed by atoms with van der Waals surface area (Å²) in [5.74, 6) is -0.895. The summed E-state index contributed by atoms with van der Waals surface area (Å²) < 4.78 is 0.964. The maximum atomic E-state index is 10.8. The molecule has 0 fully saturated rings. The molecule has 0 aliphatic heterocycles. The summed E-state index contributed by atoms with van der Waals surface area (Å²) in [6.45, 7) is 1.91. The van der Waals surface area contributed by atoms with Gasteiger partial charge in [-0.15, -0.1) is 11.3 Å². The van der Waals surface area contributed by atoms with E-state index in [1.54, 1.807) is 41.4 Å². The average Bonchev–Trinajstić information content (AvgIpc) is 2.73. The highest BCUT2D eigenvalue weighted by Crippen LogP contribution is 2.31. The van der Waals surface area contributed by atoms with E-state index in [9.17, 15) is 4.79 Å². The quantitative estimate of drug-likeness (QED) is 0.909. The molecule has 82 valence electrons. The molecule has 0 aliphatic rings. The Balaban J connectivity index is 2.26. The number of aryl methyl sites for hydroxylation is 1. The smallest absolute Gasteiger partial charge is 0.335 e. The molecule has 0 spiro atoms. The van der Waals surface area contributed by atoms with Crippen molar-refractivity contribution in [3.63, 3.8) is 0 Å². The van der Waals surface area contributed by atoms with Crippen LogP contribution < -0.4 is 0 Å². The number of nitrogens with zero attached hydrogens (tertiary/aromatic N) is 1. The molecule has 0 amide bonds. The van der Waals surface area contributed by atoms with Gasteiger partial charge in [-0.1, -0.05) is 11.8 Å². The minimum atomic E-state index is -0.895. The topological polar surface area (TPSA) is 50.2 Å². The van der Waals surface area contributed by atoms with Crippen LogP contribution in [-0.2, 0) is 0 Å². The van der Waals surface area contributed by atoms with Crippen molar-refractivity contribution in [2.45, 2.75) is 16.2 Å². The summed E-state index contributed by atoms with van der Waals surface area (Å²) in [5, 5.41) is 10.8. The molecular weight excluding hydrogens is 242 g/mol. The molecule has 0 atom stereocenters. The van der Waals surface area contributed by atoms with Crippen molar-refractivity contribution in [2.75, 3.05) is 0 Å². The van der Waals surface area contributed by atoms with E-state index in [-0.39, 0.29) is 0 Å². The lowest BCUT2D eigenvalue weighted by molar-refractivity contribution is 0.0696. The number of aromatic nitrogens is 1. The van der Waals surface area contributed by atoms with Crippen LogP contribution in [0, 0.1) is 6.92 Å². The van der Waals surface area contributed by atoms with Gasteiger partial charge in [0.15, 0.2) is 4.34 Å². The number of carboxylic acid groups (broad SMARTS) is 1. The molecule has 2 rings (SSSR count). The standard InChI is InChI=1S/C11H9NO2S2/c1-7-6-8(10(13)14)2-3-9(7)16-11-12-4-5-15-11/h2-6H,1H3,(H,13,14). The number of carbonyl (C=O) groups is 1. The maximum Gasteiger partial charge on any atom is 0.335 e. The van der Waals surface area contributed by atoms with Gasteiger partial charge in [-0.05, 0) is 30.7 Å². The molecule has 1 aromatic carbocycles. The third kappa shape index (κ3) is 2.43. The third-order valence-corrected chi connectivity index (χ3v) is 4.09. The van der Waals surface area contributed by atoms with Crippen LogP contribution in [0.15, 0.2) is 39.0 Å².